The maximum Gasteiger partial charge on any atom is 0.139 e. The van der Waals surface area contributed by atoms with E-state index in [0.717, 1.165) is 32.1 Å². The van der Waals surface area contributed by atoms with Crippen molar-refractivity contribution in [2.75, 3.05) is 0 Å². The van der Waals surface area contributed by atoms with E-state index in [-0.39, 0.29) is 29.0 Å². The van der Waals surface area contributed by atoms with Crippen LogP contribution in [-0.2, 0) is 4.79 Å². The molecular weight excluding hydrogens is 276 g/mol. The first-order valence-electron chi connectivity index (χ1n) is 8.95. The second kappa shape index (κ2) is 4.67. The molecule has 3 nitrogen and oxygen atoms in total. The van der Waals surface area contributed by atoms with Crippen LogP contribution in [-0.4, -0.2) is 28.2 Å². The number of Topliss-reactive ketones (excluding diaryl/α,β-unsaturated/α-hetero) is 1. The smallest absolute Gasteiger partial charge is 0.139 e. The highest BCUT2D eigenvalue weighted by atomic mass is 16.3. The zero-order valence-electron chi connectivity index (χ0n) is 13.7. The molecule has 0 amide bonds. The summed E-state index contributed by atoms with van der Waals surface area (Å²) >= 11 is 0. The van der Waals surface area contributed by atoms with Gasteiger partial charge in [0.05, 0.1) is 12.2 Å². The Morgan fingerprint density at radius 1 is 1.14 bits per heavy atom. The molecular formula is C19H28O3. The van der Waals surface area contributed by atoms with Crippen molar-refractivity contribution in [1.29, 1.82) is 0 Å². The van der Waals surface area contributed by atoms with Crippen LogP contribution in [0.5, 0.6) is 0 Å². The average molecular weight is 304 g/mol. The summed E-state index contributed by atoms with van der Waals surface area (Å²) in [5.74, 6) is 1.85. The summed E-state index contributed by atoms with van der Waals surface area (Å²) in [7, 11) is 0. The average Bonchev–Trinajstić information content (AvgIpc) is 2.77. The number of aliphatic hydroxyl groups excluding tert-OH is 2. The number of carbonyl (C=O) groups is 1. The van der Waals surface area contributed by atoms with Crippen molar-refractivity contribution in [1.82, 2.24) is 0 Å². The summed E-state index contributed by atoms with van der Waals surface area (Å²) in [6, 6.07) is 0. The lowest BCUT2D eigenvalue weighted by molar-refractivity contribution is -0.150. The first kappa shape index (κ1) is 14.9. The van der Waals surface area contributed by atoms with Gasteiger partial charge < -0.3 is 10.2 Å². The van der Waals surface area contributed by atoms with Gasteiger partial charge in [-0.1, -0.05) is 26.0 Å². The number of ketones is 1. The lowest BCUT2D eigenvalue weighted by atomic mass is 9.45. The molecule has 2 N–H and O–H groups in total. The zero-order valence-corrected chi connectivity index (χ0v) is 13.7. The number of carbonyl (C=O) groups excluding carboxylic acids is 1. The Kier molecular flexibility index (Phi) is 3.16. The molecule has 4 aliphatic carbocycles. The third-order valence-electron chi connectivity index (χ3n) is 7.89. The topological polar surface area (TPSA) is 57.5 Å². The van der Waals surface area contributed by atoms with Crippen LogP contribution in [0.1, 0.15) is 52.4 Å². The summed E-state index contributed by atoms with van der Waals surface area (Å²) in [6.45, 7) is 4.47. The van der Waals surface area contributed by atoms with Crippen LogP contribution in [0.2, 0.25) is 0 Å². The van der Waals surface area contributed by atoms with Gasteiger partial charge in [0.25, 0.3) is 0 Å². The Balaban J connectivity index is 1.73. The van der Waals surface area contributed by atoms with Gasteiger partial charge in [-0.2, -0.15) is 0 Å². The minimum atomic E-state index is -0.358. The van der Waals surface area contributed by atoms with Gasteiger partial charge in [0.15, 0.2) is 0 Å². The van der Waals surface area contributed by atoms with Crippen LogP contribution in [0.15, 0.2) is 12.2 Å². The highest BCUT2D eigenvalue weighted by Crippen LogP contribution is 2.64. The highest BCUT2D eigenvalue weighted by Gasteiger charge is 2.61. The third-order valence-corrected chi connectivity index (χ3v) is 7.89. The van der Waals surface area contributed by atoms with Gasteiger partial charge in [-0.25, -0.2) is 0 Å². The first-order valence-corrected chi connectivity index (χ1v) is 8.95. The summed E-state index contributed by atoms with van der Waals surface area (Å²) in [5.41, 5.74) is -0.112. The molecule has 0 aliphatic heterocycles. The molecule has 0 bridgehead atoms. The van der Waals surface area contributed by atoms with Gasteiger partial charge in [0.2, 0.25) is 0 Å². The summed E-state index contributed by atoms with van der Waals surface area (Å²) < 4.78 is 0. The fourth-order valence-electron chi connectivity index (χ4n) is 6.53. The predicted octanol–water partition coefficient (Wildman–Crippen LogP) is 2.71. The summed E-state index contributed by atoms with van der Waals surface area (Å²) in [6.07, 6.45) is 8.74. The van der Waals surface area contributed by atoms with Crippen molar-refractivity contribution in [3.05, 3.63) is 12.2 Å². The number of rotatable bonds is 0. The van der Waals surface area contributed by atoms with Crippen molar-refractivity contribution < 1.29 is 15.0 Å². The minimum absolute atomic E-state index is 0.0795. The fraction of sp³-hybridized carbons (Fsp3) is 0.842. The first-order chi connectivity index (χ1) is 10.4. The number of allylic oxidation sites excluding steroid dienone is 1. The van der Waals surface area contributed by atoms with Gasteiger partial charge >= 0.3 is 0 Å². The number of fused-ring (bicyclic) bond motifs is 5. The Morgan fingerprint density at radius 3 is 2.68 bits per heavy atom. The standard InChI is InChI=1S/C19H28O3/c1-18-7-5-12(20)9-11(18)10-15(21)17-13-3-4-16(22)19(13,2)8-6-14(17)18/h5,7,11-15,17,20-21H,3-4,6,8-10H2,1-2H3/t11?,12-,13-,14-,15-,17-,18-,19-/m0/s1. The molecule has 122 valence electrons. The van der Waals surface area contributed by atoms with Crippen molar-refractivity contribution in [2.24, 2.45) is 34.5 Å². The number of hydrogen-bond donors (Lipinski definition) is 2. The Morgan fingerprint density at radius 2 is 1.91 bits per heavy atom. The Bertz CT molecular complexity index is 527. The quantitative estimate of drug-likeness (QED) is 0.677. The Hall–Kier alpha value is -0.670. The molecule has 0 aromatic rings. The largest absolute Gasteiger partial charge is 0.393 e. The van der Waals surface area contributed by atoms with E-state index in [2.05, 4.69) is 19.9 Å². The van der Waals surface area contributed by atoms with Crippen molar-refractivity contribution in [3.63, 3.8) is 0 Å². The lowest BCUT2D eigenvalue weighted by Crippen LogP contribution is -2.57. The molecule has 0 saturated heterocycles. The Labute approximate surface area is 132 Å². The van der Waals surface area contributed by atoms with Gasteiger partial charge in [0.1, 0.15) is 5.78 Å². The van der Waals surface area contributed by atoms with E-state index in [1.807, 2.05) is 6.08 Å². The zero-order chi connectivity index (χ0) is 15.7. The van der Waals surface area contributed by atoms with E-state index in [9.17, 15) is 15.0 Å². The molecule has 4 aliphatic rings. The van der Waals surface area contributed by atoms with E-state index in [1.54, 1.807) is 0 Å². The third kappa shape index (κ3) is 1.78. The lowest BCUT2D eigenvalue weighted by Gasteiger charge is -2.59. The van der Waals surface area contributed by atoms with Crippen molar-refractivity contribution >= 4 is 5.78 Å². The van der Waals surface area contributed by atoms with Crippen LogP contribution >= 0.6 is 0 Å². The number of aliphatic hydroxyl groups is 2. The molecule has 3 fully saturated rings. The molecule has 0 aromatic carbocycles. The van der Waals surface area contributed by atoms with Gasteiger partial charge in [0, 0.05) is 11.8 Å². The second-order valence-electron chi connectivity index (χ2n) is 8.74. The van der Waals surface area contributed by atoms with E-state index >= 15 is 0 Å². The van der Waals surface area contributed by atoms with Crippen LogP contribution in [0.4, 0.5) is 0 Å². The second-order valence-corrected chi connectivity index (χ2v) is 8.74. The minimum Gasteiger partial charge on any atom is -0.393 e. The van der Waals surface area contributed by atoms with E-state index in [1.165, 1.54) is 0 Å². The maximum absolute atomic E-state index is 12.4. The van der Waals surface area contributed by atoms with E-state index in [4.69, 9.17) is 0 Å². The summed E-state index contributed by atoms with van der Waals surface area (Å²) in [5, 5.41) is 20.8. The van der Waals surface area contributed by atoms with Gasteiger partial charge in [-0.3, -0.25) is 4.79 Å². The molecule has 22 heavy (non-hydrogen) atoms. The molecule has 0 spiro atoms. The number of hydrogen-bond acceptors (Lipinski definition) is 3. The summed E-state index contributed by atoms with van der Waals surface area (Å²) in [4.78, 5) is 12.4. The molecule has 0 aromatic heterocycles. The van der Waals surface area contributed by atoms with Crippen LogP contribution in [0.25, 0.3) is 0 Å². The van der Waals surface area contributed by atoms with Crippen LogP contribution in [0, 0.1) is 34.5 Å². The van der Waals surface area contributed by atoms with E-state index < -0.39 is 0 Å². The highest BCUT2D eigenvalue weighted by molar-refractivity contribution is 5.87. The van der Waals surface area contributed by atoms with E-state index in [0.29, 0.717) is 30.0 Å². The van der Waals surface area contributed by atoms with Gasteiger partial charge in [-0.05, 0) is 61.2 Å². The predicted molar refractivity (Wildman–Crippen MR) is 84.0 cm³/mol. The molecule has 4 rings (SSSR count). The molecule has 0 heterocycles. The molecule has 3 saturated carbocycles. The monoisotopic (exact) mass is 304 g/mol. The van der Waals surface area contributed by atoms with Gasteiger partial charge in [-0.15, -0.1) is 0 Å². The SMILES string of the molecule is C[C@]12C=C[C@H](O)CC1C[C@H](O)[C@@H]1[C@@H]2CC[C@]2(C)C(=O)CC[C@@H]12. The maximum atomic E-state index is 12.4. The van der Waals surface area contributed by atoms with Crippen LogP contribution < -0.4 is 0 Å². The van der Waals surface area contributed by atoms with Crippen molar-refractivity contribution in [2.45, 2.75) is 64.6 Å². The normalized spacial score (nSPS) is 57.2. The fourth-order valence-corrected chi connectivity index (χ4v) is 6.53. The molecule has 8 atom stereocenters. The molecule has 0 radical (unpaired) electrons. The molecule has 1 unspecified atom stereocenters. The van der Waals surface area contributed by atoms with Crippen LogP contribution in [0.3, 0.4) is 0 Å². The van der Waals surface area contributed by atoms with Crippen molar-refractivity contribution in [3.8, 4) is 0 Å². The molecule has 3 heteroatoms.